The fourth-order valence-electron chi connectivity index (χ4n) is 2.29. The monoisotopic (exact) mass is 247 g/mol. The number of likely N-dealkylation sites (tertiary alicyclic amines) is 1. The predicted octanol–water partition coefficient (Wildman–Crippen LogP) is 1.87. The van der Waals surface area contributed by atoms with Crippen LogP contribution in [0, 0.1) is 0 Å². The number of nitrogens with zero attached hydrogens (tertiary/aromatic N) is 1. The van der Waals surface area contributed by atoms with Crippen LogP contribution in [0.25, 0.3) is 0 Å². The third-order valence-corrected chi connectivity index (χ3v) is 3.32. The molecular formula is C14H17NO3. The Morgan fingerprint density at radius 2 is 2.00 bits per heavy atom. The highest BCUT2D eigenvalue weighted by molar-refractivity contribution is 5.80. The minimum absolute atomic E-state index is 0.0726. The molecule has 1 fully saturated rings. The van der Waals surface area contributed by atoms with Crippen molar-refractivity contribution in [3.63, 3.8) is 0 Å². The minimum Gasteiger partial charge on any atom is -0.481 e. The Balaban J connectivity index is 2.12. The van der Waals surface area contributed by atoms with Crippen LogP contribution in [0.5, 0.6) is 0 Å². The summed E-state index contributed by atoms with van der Waals surface area (Å²) in [6, 6.07) is 9.10. The number of carboxylic acid groups (broad SMARTS) is 1. The largest absolute Gasteiger partial charge is 0.481 e. The molecule has 0 aromatic heterocycles. The summed E-state index contributed by atoms with van der Waals surface area (Å²) in [4.78, 5) is 24.7. The van der Waals surface area contributed by atoms with E-state index in [1.807, 2.05) is 18.2 Å². The van der Waals surface area contributed by atoms with E-state index in [-0.39, 0.29) is 12.5 Å². The maximum Gasteiger partial charge on any atom is 0.312 e. The molecule has 1 unspecified atom stereocenters. The van der Waals surface area contributed by atoms with E-state index < -0.39 is 11.9 Å². The second-order valence-corrected chi connectivity index (χ2v) is 4.60. The molecule has 1 heterocycles. The van der Waals surface area contributed by atoms with Gasteiger partial charge >= 0.3 is 5.97 Å². The lowest BCUT2D eigenvalue weighted by molar-refractivity contribution is -0.141. The van der Waals surface area contributed by atoms with Crippen LogP contribution in [0.15, 0.2) is 30.3 Å². The van der Waals surface area contributed by atoms with Crippen molar-refractivity contribution in [2.75, 3.05) is 13.1 Å². The third-order valence-electron chi connectivity index (χ3n) is 3.32. The van der Waals surface area contributed by atoms with Gasteiger partial charge in [0.05, 0.1) is 5.92 Å². The van der Waals surface area contributed by atoms with Crippen LogP contribution in [0.4, 0.5) is 0 Å². The Hall–Kier alpha value is -1.84. The molecule has 1 aliphatic heterocycles. The molecule has 0 spiro atoms. The number of carboxylic acids is 1. The predicted molar refractivity (Wildman–Crippen MR) is 67.2 cm³/mol. The lowest BCUT2D eigenvalue weighted by atomic mass is 9.97. The molecule has 4 nitrogen and oxygen atoms in total. The van der Waals surface area contributed by atoms with Gasteiger partial charge in [0.1, 0.15) is 0 Å². The van der Waals surface area contributed by atoms with E-state index in [4.69, 9.17) is 0 Å². The van der Waals surface area contributed by atoms with Crippen molar-refractivity contribution < 1.29 is 14.7 Å². The van der Waals surface area contributed by atoms with Crippen LogP contribution >= 0.6 is 0 Å². The van der Waals surface area contributed by atoms with Gasteiger partial charge in [-0.05, 0) is 18.4 Å². The van der Waals surface area contributed by atoms with E-state index in [0.29, 0.717) is 13.0 Å². The van der Waals surface area contributed by atoms with Crippen LogP contribution in [-0.2, 0) is 9.59 Å². The topological polar surface area (TPSA) is 57.6 Å². The van der Waals surface area contributed by atoms with Crippen molar-refractivity contribution in [2.45, 2.75) is 25.2 Å². The highest BCUT2D eigenvalue weighted by Gasteiger charge is 2.26. The standard InChI is InChI=1S/C14H17NO3/c16-13-8-4-5-9-15(13)10-12(14(17)18)11-6-2-1-3-7-11/h1-3,6-7,12H,4-5,8-10H2,(H,17,18). The van der Waals surface area contributed by atoms with Gasteiger partial charge in [-0.3, -0.25) is 9.59 Å². The van der Waals surface area contributed by atoms with Gasteiger partial charge in [0.15, 0.2) is 0 Å². The Kier molecular flexibility index (Phi) is 3.97. The van der Waals surface area contributed by atoms with Crippen molar-refractivity contribution in [3.8, 4) is 0 Å². The molecule has 1 aliphatic rings. The quantitative estimate of drug-likeness (QED) is 0.883. The van der Waals surface area contributed by atoms with Gasteiger partial charge in [0.2, 0.25) is 5.91 Å². The minimum atomic E-state index is -0.875. The molecule has 96 valence electrons. The summed E-state index contributed by atoms with van der Waals surface area (Å²) in [5, 5.41) is 9.31. The molecular weight excluding hydrogens is 230 g/mol. The Bertz CT molecular complexity index is 430. The van der Waals surface area contributed by atoms with Crippen molar-refractivity contribution in [3.05, 3.63) is 35.9 Å². The fourth-order valence-corrected chi connectivity index (χ4v) is 2.29. The van der Waals surface area contributed by atoms with Crippen molar-refractivity contribution in [2.24, 2.45) is 0 Å². The van der Waals surface area contributed by atoms with Crippen LogP contribution in [-0.4, -0.2) is 35.0 Å². The van der Waals surface area contributed by atoms with Crippen molar-refractivity contribution >= 4 is 11.9 Å². The maximum atomic E-state index is 11.7. The third kappa shape index (κ3) is 2.88. The number of carbonyl (C=O) groups excluding carboxylic acids is 1. The van der Waals surface area contributed by atoms with Gasteiger partial charge in [-0.15, -0.1) is 0 Å². The number of aliphatic carboxylic acids is 1. The molecule has 1 aromatic rings. The summed E-state index contributed by atoms with van der Waals surface area (Å²) in [5.74, 6) is -1.43. The van der Waals surface area contributed by atoms with Gasteiger partial charge in [-0.1, -0.05) is 30.3 Å². The van der Waals surface area contributed by atoms with Crippen molar-refractivity contribution in [1.82, 2.24) is 4.90 Å². The van der Waals surface area contributed by atoms with E-state index in [1.165, 1.54) is 0 Å². The van der Waals surface area contributed by atoms with Crippen molar-refractivity contribution in [1.29, 1.82) is 0 Å². The maximum absolute atomic E-state index is 11.7. The molecule has 0 saturated carbocycles. The molecule has 1 saturated heterocycles. The Morgan fingerprint density at radius 3 is 2.61 bits per heavy atom. The zero-order chi connectivity index (χ0) is 13.0. The van der Waals surface area contributed by atoms with Gasteiger partial charge in [0, 0.05) is 19.5 Å². The zero-order valence-electron chi connectivity index (χ0n) is 10.2. The molecule has 1 atom stereocenters. The van der Waals surface area contributed by atoms with Gasteiger partial charge in [-0.25, -0.2) is 0 Å². The van der Waals surface area contributed by atoms with E-state index in [9.17, 15) is 14.7 Å². The molecule has 0 aliphatic carbocycles. The van der Waals surface area contributed by atoms with Crippen LogP contribution < -0.4 is 0 Å². The molecule has 1 N–H and O–H groups in total. The number of rotatable bonds is 4. The van der Waals surface area contributed by atoms with Gasteiger partial charge < -0.3 is 10.0 Å². The lowest BCUT2D eigenvalue weighted by Crippen LogP contribution is -2.39. The molecule has 1 aromatic carbocycles. The highest BCUT2D eigenvalue weighted by atomic mass is 16.4. The van der Waals surface area contributed by atoms with Crippen LogP contribution in [0.3, 0.4) is 0 Å². The Morgan fingerprint density at radius 1 is 1.28 bits per heavy atom. The van der Waals surface area contributed by atoms with Gasteiger partial charge in [-0.2, -0.15) is 0 Å². The fraction of sp³-hybridized carbons (Fsp3) is 0.429. The number of amides is 1. The van der Waals surface area contributed by atoms with E-state index in [1.54, 1.807) is 17.0 Å². The second-order valence-electron chi connectivity index (χ2n) is 4.60. The highest BCUT2D eigenvalue weighted by Crippen LogP contribution is 2.20. The summed E-state index contributed by atoms with van der Waals surface area (Å²) in [5.41, 5.74) is 0.753. The molecule has 0 radical (unpaired) electrons. The lowest BCUT2D eigenvalue weighted by Gasteiger charge is -2.29. The van der Waals surface area contributed by atoms with E-state index >= 15 is 0 Å². The molecule has 2 rings (SSSR count). The summed E-state index contributed by atoms with van der Waals surface area (Å²) >= 11 is 0. The molecule has 0 bridgehead atoms. The number of carbonyl (C=O) groups is 2. The number of benzene rings is 1. The second kappa shape index (κ2) is 5.67. The average molecular weight is 247 g/mol. The van der Waals surface area contributed by atoms with E-state index in [0.717, 1.165) is 18.4 Å². The molecule has 1 amide bonds. The van der Waals surface area contributed by atoms with Crippen LogP contribution in [0.1, 0.15) is 30.7 Å². The smallest absolute Gasteiger partial charge is 0.312 e. The summed E-state index contributed by atoms with van der Waals surface area (Å²) in [6.45, 7) is 0.952. The first-order valence-electron chi connectivity index (χ1n) is 6.24. The summed E-state index contributed by atoms with van der Waals surface area (Å²) in [7, 11) is 0. The first-order chi connectivity index (χ1) is 8.68. The van der Waals surface area contributed by atoms with Gasteiger partial charge in [0.25, 0.3) is 0 Å². The SMILES string of the molecule is O=C(O)C(CN1CCCCC1=O)c1ccccc1. The summed E-state index contributed by atoms with van der Waals surface area (Å²) in [6.07, 6.45) is 2.42. The zero-order valence-corrected chi connectivity index (χ0v) is 10.2. The first-order valence-corrected chi connectivity index (χ1v) is 6.24. The Labute approximate surface area is 106 Å². The van der Waals surface area contributed by atoms with Crippen LogP contribution in [0.2, 0.25) is 0 Å². The number of piperidine rings is 1. The van der Waals surface area contributed by atoms with E-state index in [2.05, 4.69) is 0 Å². The normalized spacial score (nSPS) is 17.6. The first kappa shape index (κ1) is 12.6. The number of hydrogen-bond acceptors (Lipinski definition) is 2. The average Bonchev–Trinajstić information content (AvgIpc) is 2.38. The molecule has 4 heteroatoms. The number of hydrogen-bond donors (Lipinski definition) is 1. The molecule has 18 heavy (non-hydrogen) atoms. The summed E-state index contributed by atoms with van der Waals surface area (Å²) < 4.78 is 0.